The molecule has 0 saturated heterocycles. The highest BCUT2D eigenvalue weighted by Crippen LogP contribution is 2.22. The summed E-state index contributed by atoms with van der Waals surface area (Å²) < 4.78 is 7.25. The molecule has 2 heterocycles. The van der Waals surface area contributed by atoms with Crippen LogP contribution in [0.2, 0.25) is 0 Å². The maximum atomic E-state index is 10.9. The van der Waals surface area contributed by atoms with Crippen LogP contribution in [0.25, 0.3) is 17.1 Å². The second kappa shape index (κ2) is 4.19. The first-order valence-corrected chi connectivity index (χ1v) is 6.14. The number of carboxylic acid groups (broad SMARTS) is 1. The highest BCUT2D eigenvalue weighted by Gasteiger charge is 2.15. The third kappa shape index (κ3) is 1.77. The molecule has 6 nitrogen and oxygen atoms in total. The lowest BCUT2D eigenvalue weighted by atomic mass is 10.2. The maximum absolute atomic E-state index is 10.9. The van der Waals surface area contributed by atoms with Gasteiger partial charge in [0.25, 0.3) is 0 Å². The Labute approximate surface area is 114 Å². The SMILES string of the molecule is Cc1nn(-c2nc3ccc(C(=O)O)cc3o2)c(C)c1C. The molecule has 0 spiro atoms. The number of fused-ring (bicyclic) bond motifs is 1. The van der Waals surface area contributed by atoms with Crippen molar-refractivity contribution in [2.45, 2.75) is 20.8 Å². The lowest BCUT2D eigenvalue weighted by molar-refractivity contribution is 0.0697. The number of aryl methyl sites for hydroxylation is 1. The van der Waals surface area contributed by atoms with Gasteiger partial charge in [-0.05, 0) is 44.5 Å². The third-order valence-electron chi connectivity index (χ3n) is 3.46. The standard InChI is InChI=1S/C14H13N3O3/c1-7-8(2)16-17(9(7)3)14-15-11-5-4-10(13(18)19)6-12(11)20-14/h4-6H,1-3H3,(H,18,19). The van der Waals surface area contributed by atoms with E-state index in [-0.39, 0.29) is 5.56 Å². The van der Waals surface area contributed by atoms with Crippen LogP contribution >= 0.6 is 0 Å². The van der Waals surface area contributed by atoms with Crippen molar-refractivity contribution in [2.24, 2.45) is 0 Å². The number of hydrogen-bond donors (Lipinski definition) is 1. The van der Waals surface area contributed by atoms with Crippen LogP contribution in [0.5, 0.6) is 0 Å². The largest absolute Gasteiger partial charge is 0.478 e. The molecule has 1 aromatic carbocycles. The first-order chi connectivity index (χ1) is 9.47. The summed E-state index contributed by atoms with van der Waals surface area (Å²) in [6.07, 6.45) is 0. The molecule has 0 amide bonds. The van der Waals surface area contributed by atoms with Gasteiger partial charge in [0, 0.05) is 5.69 Å². The zero-order valence-corrected chi connectivity index (χ0v) is 11.3. The Morgan fingerprint density at radius 3 is 2.65 bits per heavy atom. The zero-order valence-electron chi connectivity index (χ0n) is 11.3. The van der Waals surface area contributed by atoms with Crippen molar-refractivity contribution in [1.82, 2.24) is 14.8 Å². The van der Waals surface area contributed by atoms with Gasteiger partial charge in [-0.3, -0.25) is 0 Å². The number of aromatic nitrogens is 3. The summed E-state index contributed by atoms with van der Waals surface area (Å²) in [5.74, 6) is -0.994. The van der Waals surface area contributed by atoms with Crippen LogP contribution in [0.4, 0.5) is 0 Å². The van der Waals surface area contributed by atoms with E-state index >= 15 is 0 Å². The molecule has 0 bridgehead atoms. The summed E-state index contributed by atoms with van der Waals surface area (Å²) in [4.78, 5) is 15.3. The van der Waals surface area contributed by atoms with Gasteiger partial charge in [-0.15, -0.1) is 0 Å². The van der Waals surface area contributed by atoms with Crippen LogP contribution in [-0.4, -0.2) is 25.8 Å². The second-order valence-corrected chi connectivity index (χ2v) is 4.69. The fraction of sp³-hybridized carbons (Fsp3) is 0.214. The van der Waals surface area contributed by atoms with Gasteiger partial charge in [0.05, 0.1) is 11.3 Å². The van der Waals surface area contributed by atoms with Gasteiger partial charge in [-0.2, -0.15) is 14.8 Å². The lowest BCUT2D eigenvalue weighted by Gasteiger charge is -1.96. The van der Waals surface area contributed by atoms with Crippen LogP contribution in [0, 0.1) is 20.8 Å². The second-order valence-electron chi connectivity index (χ2n) is 4.69. The molecular weight excluding hydrogens is 258 g/mol. The number of aromatic carboxylic acids is 1. The normalized spacial score (nSPS) is 11.2. The average molecular weight is 271 g/mol. The van der Waals surface area contributed by atoms with Crippen molar-refractivity contribution >= 4 is 17.1 Å². The highest BCUT2D eigenvalue weighted by molar-refractivity contribution is 5.91. The molecule has 0 atom stereocenters. The Morgan fingerprint density at radius 1 is 1.30 bits per heavy atom. The van der Waals surface area contributed by atoms with E-state index in [1.54, 1.807) is 10.7 Å². The van der Waals surface area contributed by atoms with Crippen LogP contribution in [-0.2, 0) is 0 Å². The lowest BCUT2D eigenvalue weighted by Crippen LogP contribution is -1.99. The zero-order chi connectivity index (χ0) is 14.4. The van der Waals surface area contributed by atoms with E-state index in [1.807, 2.05) is 20.8 Å². The summed E-state index contributed by atoms with van der Waals surface area (Å²) in [6.45, 7) is 5.84. The number of rotatable bonds is 2. The summed E-state index contributed by atoms with van der Waals surface area (Å²) in [5.41, 5.74) is 4.16. The minimum atomic E-state index is -0.994. The summed E-state index contributed by atoms with van der Waals surface area (Å²) in [7, 11) is 0. The number of nitrogens with zero attached hydrogens (tertiary/aromatic N) is 3. The molecule has 2 aromatic heterocycles. The smallest absolute Gasteiger partial charge is 0.335 e. The Morgan fingerprint density at radius 2 is 2.05 bits per heavy atom. The molecule has 3 rings (SSSR count). The molecule has 3 aromatic rings. The van der Waals surface area contributed by atoms with Crippen molar-refractivity contribution in [3.8, 4) is 6.01 Å². The molecule has 0 aliphatic carbocycles. The van der Waals surface area contributed by atoms with Crippen LogP contribution in [0.3, 0.4) is 0 Å². The number of hydrogen-bond acceptors (Lipinski definition) is 4. The minimum absolute atomic E-state index is 0.171. The van der Waals surface area contributed by atoms with Gasteiger partial charge in [0.2, 0.25) is 0 Å². The molecule has 1 N–H and O–H groups in total. The Hall–Kier alpha value is -2.63. The van der Waals surface area contributed by atoms with Crippen LogP contribution in [0.1, 0.15) is 27.3 Å². The van der Waals surface area contributed by atoms with Gasteiger partial charge >= 0.3 is 12.0 Å². The topological polar surface area (TPSA) is 81.2 Å². The number of oxazole rings is 1. The van der Waals surface area contributed by atoms with Crippen molar-refractivity contribution in [2.75, 3.05) is 0 Å². The summed E-state index contributed by atoms with van der Waals surface area (Å²) >= 11 is 0. The number of carbonyl (C=O) groups is 1. The quantitative estimate of drug-likeness (QED) is 0.774. The molecule has 0 radical (unpaired) electrons. The van der Waals surface area contributed by atoms with E-state index in [9.17, 15) is 4.79 Å². The van der Waals surface area contributed by atoms with Gasteiger partial charge in [-0.25, -0.2) is 4.79 Å². The summed E-state index contributed by atoms with van der Waals surface area (Å²) in [6, 6.07) is 4.94. The van der Waals surface area contributed by atoms with E-state index < -0.39 is 5.97 Å². The van der Waals surface area contributed by atoms with E-state index in [2.05, 4.69) is 10.1 Å². The Kier molecular flexibility index (Phi) is 2.60. The molecule has 20 heavy (non-hydrogen) atoms. The molecule has 0 aliphatic rings. The molecule has 0 unspecified atom stereocenters. The highest BCUT2D eigenvalue weighted by atomic mass is 16.4. The molecular formula is C14H13N3O3. The van der Waals surface area contributed by atoms with E-state index in [0.717, 1.165) is 17.0 Å². The fourth-order valence-electron chi connectivity index (χ4n) is 2.04. The monoisotopic (exact) mass is 271 g/mol. The number of benzene rings is 1. The van der Waals surface area contributed by atoms with Crippen molar-refractivity contribution in [3.05, 3.63) is 40.7 Å². The van der Waals surface area contributed by atoms with E-state index in [0.29, 0.717) is 17.1 Å². The van der Waals surface area contributed by atoms with Gasteiger partial charge in [0.1, 0.15) is 5.52 Å². The fourth-order valence-corrected chi connectivity index (χ4v) is 2.04. The van der Waals surface area contributed by atoms with Crippen molar-refractivity contribution in [3.63, 3.8) is 0 Å². The van der Waals surface area contributed by atoms with Crippen LogP contribution < -0.4 is 0 Å². The molecule has 0 fully saturated rings. The van der Waals surface area contributed by atoms with E-state index in [1.165, 1.54) is 12.1 Å². The van der Waals surface area contributed by atoms with Gasteiger partial charge in [0.15, 0.2) is 5.58 Å². The first-order valence-electron chi connectivity index (χ1n) is 6.14. The van der Waals surface area contributed by atoms with Crippen molar-refractivity contribution in [1.29, 1.82) is 0 Å². The van der Waals surface area contributed by atoms with Gasteiger partial charge in [-0.1, -0.05) is 0 Å². The molecule has 102 valence electrons. The molecule has 0 aliphatic heterocycles. The van der Waals surface area contributed by atoms with Crippen molar-refractivity contribution < 1.29 is 14.3 Å². The van der Waals surface area contributed by atoms with E-state index in [4.69, 9.17) is 9.52 Å². The minimum Gasteiger partial charge on any atom is -0.478 e. The Bertz CT molecular complexity index is 830. The predicted molar refractivity (Wildman–Crippen MR) is 72.3 cm³/mol. The molecule has 0 saturated carbocycles. The number of carboxylic acids is 1. The average Bonchev–Trinajstić information content (AvgIpc) is 2.94. The maximum Gasteiger partial charge on any atom is 0.335 e. The van der Waals surface area contributed by atoms with Gasteiger partial charge < -0.3 is 9.52 Å². The third-order valence-corrected chi connectivity index (χ3v) is 3.46. The summed E-state index contributed by atoms with van der Waals surface area (Å²) in [5, 5.41) is 13.3. The predicted octanol–water partition coefficient (Wildman–Crippen LogP) is 2.64. The van der Waals surface area contributed by atoms with Crippen LogP contribution in [0.15, 0.2) is 22.6 Å². The first kappa shape index (κ1) is 12.4. The molecule has 6 heteroatoms. The Balaban J connectivity index is 2.17.